The van der Waals surface area contributed by atoms with E-state index in [1.807, 2.05) is 11.8 Å². The standard InChI is InChI=1S/C15H24N2O2S/c1-10-15(19)14(11(9-18)7-16-10)8-17-12-4-3-5-13(6-12)20-2/h7,12-13,17-19H,3-6,8-9H2,1-2H3. The van der Waals surface area contributed by atoms with Gasteiger partial charge in [0.15, 0.2) is 0 Å². The fourth-order valence-electron chi connectivity index (χ4n) is 2.81. The highest BCUT2D eigenvalue weighted by Crippen LogP contribution is 2.28. The number of aryl methyl sites for hydroxylation is 1. The molecule has 0 amide bonds. The Kier molecular flexibility index (Phi) is 5.69. The second-order valence-corrected chi connectivity index (χ2v) is 6.59. The Morgan fingerprint density at radius 2 is 2.25 bits per heavy atom. The zero-order valence-corrected chi connectivity index (χ0v) is 13.0. The number of aliphatic hydroxyl groups is 1. The van der Waals surface area contributed by atoms with E-state index in [-0.39, 0.29) is 12.4 Å². The number of aliphatic hydroxyl groups excluding tert-OH is 1. The summed E-state index contributed by atoms with van der Waals surface area (Å²) in [5, 5.41) is 23.8. The first-order chi connectivity index (χ1) is 9.65. The van der Waals surface area contributed by atoms with E-state index in [2.05, 4.69) is 16.6 Å². The van der Waals surface area contributed by atoms with Crippen molar-refractivity contribution in [1.82, 2.24) is 10.3 Å². The van der Waals surface area contributed by atoms with Gasteiger partial charge < -0.3 is 15.5 Å². The molecule has 0 bridgehead atoms. The van der Waals surface area contributed by atoms with Crippen LogP contribution < -0.4 is 5.32 Å². The quantitative estimate of drug-likeness (QED) is 0.778. The van der Waals surface area contributed by atoms with Crippen molar-refractivity contribution < 1.29 is 10.2 Å². The first kappa shape index (κ1) is 15.6. The van der Waals surface area contributed by atoms with Crippen molar-refractivity contribution in [3.8, 4) is 5.75 Å². The average Bonchev–Trinajstić information content (AvgIpc) is 2.49. The van der Waals surface area contributed by atoms with Gasteiger partial charge >= 0.3 is 0 Å². The van der Waals surface area contributed by atoms with Crippen LogP contribution in [0.15, 0.2) is 6.20 Å². The van der Waals surface area contributed by atoms with Gasteiger partial charge in [0, 0.05) is 35.2 Å². The lowest BCUT2D eigenvalue weighted by molar-refractivity contribution is 0.277. The summed E-state index contributed by atoms with van der Waals surface area (Å²) < 4.78 is 0. The predicted molar refractivity (Wildman–Crippen MR) is 83.0 cm³/mol. The van der Waals surface area contributed by atoms with E-state index in [1.165, 1.54) is 25.7 Å². The topological polar surface area (TPSA) is 65.4 Å². The maximum absolute atomic E-state index is 10.1. The molecule has 4 nitrogen and oxygen atoms in total. The Morgan fingerprint density at radius 1 is 1.45 bits per heavy atom. The minimum Gasteiger partial charge on any atom is -0.506 e. The molecule has 0 aliphatic heterocycles. The second-order valence-electron chi connectivity index (χ2n) is 5.46. The molecule has 20 heavy (non-hydrogen) atoms. The lowest BCUT2D eigenvalue weighted by Crippen LogP contribution is -2.35. The maximum atomic E-state index is 10.1. The first-order valence-electron chi connectivity index (χ1n) is 7.19. The fraction of sp³-hybridized carbons (Fsp3) is 0.667. The molecule has 5 heteroatoms. The summed E-state index contributed by atoms with van der Waals surface area (Å²) in [4.78, 5) is 4.09. The molecule has 0 saturated heterocycles. The van der Waals surface area contributed by atoms with Gasteiger partial charge in [-0.15, -0.1) is 0 Å². The van der Waals surface area contributed by atoms with Crippen molar-refractivity contribution in [3.63, 3.8) is 0 Å². The van der Waals surface area contributed by atoms with Crippen LogP contribution in [-0.4, -0.2) is 32.7 Å². The number of aromatic nitrogens is 1. The normalized spacial score (nSPS) is 22.9. The van der Waals surface area contributed by atoms with Crippen LogP contribution in [0.3, 0.4) is 0 Å². The average molecular weight is 296 g/mol. The van der Waals surface area contributed by atoms with Crippen molar-refractivity contribution >= 4 is 11.8 Å². The molecule has 1 aliphatic rings. The third-order valence-corrected chi connectivity index (χ3v) is 5.22. The molecule has 3 N–H and O–H groups in total. The summed E-state index contributed by atoms with van der Waals surface area (Å²) >= 11 is 1.95. The number of rotatable bonds is 5. The molecule has 112 valence electrons. The molecule has 0 spiro atoms. The van der Waals surface area contributed by atoms with Gasteiger partial charge in [-0.1, -0.05) is 6.42 Å². The van der Waals surface area contributed by atoms with E-state index in [0.29, 0.717) is 23.8 Å². The Hall–Kier alpha value is -0.780. The summed E-state index contributed by atoms with van der Waals surface area (Å²) in [5.41, 5.74) is 2.11. The van der Waals surface area contributed by atoms with Gasteiger partial charge in [-0.2, -0.15) is 11.8 Å². The second kappa shape index (κ2) is 7.29. The Morgan fingerprint density at radius 3 is 2.95 bits per heavy atom. The largest absolute Gasteiger partial charge is 0.506 e. The maximum Gasteiger partial charge on any atom is 0.141 e. The number of hydrogen-bond donors (Lipinski definition) is 3. The monoisotopic (exact) mass is 296 g/mol. The van der Waals surface area contributed by atoms with Crippen molar-refractivity contribution in [2.75, 3.05) is 6.26 Å². The van der Waals surface area contributed by atoms with Gasteiger partial charge in [0.2, 0.25) is 0 Å². The van der Waals surface area contributed by atoms with E-state index < -0.39 is 0 Å². The number of aromatic hydroxyl groups is 1. The van der Waals surface area contributed by atoms with Crippen molar-refractivity contribution in [2.45, 2.75) is 57.1 Å². The van der Waals surface area contributed by atoms with Gasteiger partial charge in [-0.05, 0) is 32.4 Å². The number of thioether (sulfide) groups is 1. The summed E-state index contributed by atoms with van der Waals surface area (Å²) in [5.74, 6) is 0.210. The third-order valence-electron chi connectivity index (χ3n) is 4.13. The van der Waals surface area contributed by atoms with Crippen molar-refractivity contribution in [1.29, 1.82) is 0 Å². The molecule has 1 aromatic rings. The number of pyridine rings is 1. The first-order valence-corrected chi connectivity index (χ1v) is 8.47. The number of nitrogens with zero attached hydrogens (tertiary/aromatic N) is 1. The Labute approximate surface area is 125 Å². The molecule has 2 rings (SSSR count). The van der Waals surface area contributed by atoms with E-state index in [0.717, 1.165) is 10.8 Å². The van der Waals surface area contributed by atoms with Crippen LogP contribution >= 0.6 is 11.8 Å². The highest BCUT2D eigenvalue weighted by Gasteiger charge is 2.21. The van der Waals surface area contributed by atoms with Crippen molar-refractivity contribution in [2.24, 2.45) is 0 Å². The van der Waals surface area contributed by atoms with Gasteiger partial charge in [-0.25, -0.2) is 0 Å². The van der Waals surface area contributed by atoms with Crippen LogP contribution in [0.1, 0.15) is 42.5 Å². The van der Waals surface area contributed by atoms with E-state index in [4.69, 9.17) is 0 Å². The van der Waals surface area contributed by atoms with Crippen molar-refractivity contribution in [3.05, 3.63) is 23.0 Å². The molecule has 0 aromatic carbocycles. The molecule has 2 atom stereocenters. The summed E-state index contributed by atoms with van der Waals surface area (Å²) in [6.07, 6.45) is 8.77. The molecule has 1 fully saturated rings. The minimum absolute atomic E-state index is 0.0873. The fourth-order valence-corrected chi connectivity index (χ4v) is 3.64. The van der Waals surface area contributed by atoms with Crippen LogP contribution in [-0.2, 0) is 13.2 Å². The van der Waals surface area contributed by atoms with Crippen LogP contribution in [0, 0.1) is 6.92 Å². The van der Waals surface area contributed by atoms with Gasteiger partial charge in [-0.3, -0.25) is 4.98 Å². The van der Waals surface area contributed by atoms with Gasteiger partial charge in [0.25, 0.3) is 0 Å². The summed E-state index contributed by atoms with van der Waals surface area (Å²) in [6, 6.07) is 0.501. The van der Waals surface area contributed by atoms with E-state index in [1.54, 1.807) is 13.1 Å². The molecule has 2 unspecified atom stereocenters. The van der Waals surface area contributed by atoms with Crippen LogP contribution in [0.25, 0.3) is 0 Å². The number of nitrogens with one attached hydrogen (secondary N) is 1. The predicted octanol–water partition coefficient (Wildman–Crippen LogP) is 2.35. The van der Waals surface area contributed by atoms with E-state index >= 15 is 0 Å². The summed E-state index contributed by atoms with van der Waals surface area (Å²) in [7, 11) is 0. The van der Waals surface area contributed by atoms with Crippen LogP contribution in [0.4, 0.5) is 0 Å². The lowest BCUT2D eigenvalue weighted by Gasteiger charge is -2.29. The Bertz CT molecular complexity index is 454. The smallest absolute Gasteiger partial charge is 0.141 e. The molecule has 1 aliphatic carbocycles. The lowest BCUT2D eigenvalue weighted by atomic mass is 9.94. The molecular formula is C15H24N2O2S. The third kappa shape index (κ3) is 3.65. The van der Waals surface area contributed by atoms with Crippen LogP contribution in [0.5, 0.6) is 5.75 Å². The highest BCUT2D eigenvalue weighted by molar-refractivity contribution is 7.99. The molecule has 1 saturated carbocycles. The number of hydrogen-bond acceptors (Lipinski definition) is 5. The molecule has 1 heterocycles. The van der Waals surface area contributed by atoms with Gasteiger partial charge in [0.1, 0.15) is 5.75 Å². The summed E-state index contributed by atoms with van der Waals surface area (Å²) in [6.45, 7) is 2.29. The van der Waals surface area contributed by atoms with Gasteiger partial charge in [0.05, 0.1) is 12.3 Å². The molecule has 0 radical (unpaired) electrons. The zero-order valence-electron chi connectivity index (χ0n) is 12.2. The highest BCUT2D eigenvalue weighted by atomic mass is 32.2. The SMILES string of the molecule is CSC1CCCC(NCc2c(CO)cnc(C)c2O)C1. The van der Waals surface area contributed by atoms with Crippen LogP contribution in [0.2, 0.25) is 0 Å². The van der Waals surface area contributed by atoms with E-state index in [9.17, 15) is 10.2 Å². The Balaban J connectivity index is 2.01. The minimum atomic E-state index is -0.0873. The molecule has 1 aromatic heterocycles. The zero-order chi connectivity index (χ0) is 14.5. The molecular weight excluding hydrogens is 272 g/mol.